The number of aromatic nitrogens is 2. The molecule has 1 aromatic carbocycles. The molecule has 18 heavy (non-hydrogen) atoms. The van der Waals surface area contributed by atoms with Gasteiger partial charge >= 0.3 is 0 Å². The number of halogens is 2. The van der Waals surface area contributed by atoms with Crippen LogP contribution in [0.3, 0.4) is 0 Å². The van der Waals surface area contributed by atoms with Gasteiger partial charge in [0.25, 0.3) is 5.89 Å². The Morgan fingerprint density at radius 1 is 1.44 bits per heavy atom. The van der Waals surface area contributed by atoms with Gasteiger partial charge in [0.2, 0.25) is 0 Å². The van der Waals surface area contributed by atoms with E-state index in [1.54, 1.807) is 0 Å². The van der Waals surface area contributed by atoms with Gasteiger partial charge in [-0.1, -0.05) is 21.1 Å². The molecule has 6 heteroatoms. The van der Waals surface area contributed by atoms with Gasteiger partial charge in [0.05, 0.1) is 12.1 Å². The fourth-order valence-electron chi connectivity index (χ4n) is 1.62. The first-order valence-electron chi connectivity index (χ1n) is 5.74. The molecular formula is C12H11BrIN3O. The maximum Gasteiger partial charge on any atom is 0.259 e. The Bertz CT molecular complexity index is 568. The summed E-state index contributed by atoms with van der Waals surface area (Å²) in [6.45, 7) is 0.679. The molecule has 2 aromatic rings. The fourth-order valence-corrected chi connectivity index (χ4v) is 2.55. The zero-order valence-electron chi connectivity index (χ0n) is 9.49. The highest BCUT2D eigenvalue weighted by molar-refractivity contribution is 14.1. The topological polar surface area (TPSA) is 51.0 Å². The summed E-state index contributed by atoms with van der Waals surface area (Å²) in [4.78, 5) is 4.42. The lowest BCUT2D eigenvalue weighted by molar-refractivity contribution is 0.419. The second-order valence-electron chi connectivity index (χ2n) is 4.30. The van der Waals surface area contributed by atoms with Crippen LogP contribution < -0.4 is 5.32 Å². The van der Waals surface area contributed by atoms with Crippen LogP contribution in [0.15, 0.2) is 27.2 Å². The summed E-state index contributed by atoms with van der Waals surface area (Å²) >= 11 is 5.72. The molecule has 0 spiro atoms. The molecule has 1 aliphatic rings. The largest absolute Gasteiger partial charge is 0.334 e. The van der Waals surface area contributed by atoms with Crippen LogP contribution in [-0.2, 0) is 6.54 Å². The summed E-state index contributed by atoms with van der Waals surface area (Å²) in [7, 11) is 0. The minimum Gasteiger partial charge on any atom is -0.334 e. The molecule has 1 fully saturated rings. The van der Waals surface area contributed by atoms with Gasteiger partial charge in [0.15, 0.2) is 5.82 Å². The van der Waals surface area contributed by atoms with Crippen LogP contribution in [0.1, 0.15) is 18.7 Å². The first-order valence-corrected chi connectivity index (χ1v) is 7.61. The monoisotopic (exact) mass is 419 g/mol. The van der Waals surface area contributed by atoms with Gasteiger partial charge in [0.1, 0.15) is 0 Å². The van der Waals surface area contributed by atoms with E-state index in [2.05, 4.69) is 54.0 Å². The van der Waals surface area contributed by atoms with Gasteiger partial charge in [-0.15, -0.1) is 0 Å². The molecule has 3 rings (SSSR count). The number of nitrogens with zero attached hydrogens (tertiary/aromatic N) is 2. The summed E-state index contributed by atoms with van der Waals surface area (Å²) in [6, 6.07) is 6.66. The van der Waals surface area contributed by atoms with Crippen molar-refractivity contribution in [2.45, 2.75) is 25.4 Å². The van der Waals surface area contributed by atoms with E-state index in [-0.39, 0.29) is 0 Å². The molecule has 1 aromatic heterocycles. The average Bonchev–Trinajstić information content (AvgIpc) is 3.08. The Morgan fingerprint density at radius 3 is 3.06 bits per heavy atom. The van der Waals surface area contributed by atoms with E-state index in [0.29, 0.717) is 24.3 Å². The van der Waals surface area contributed by atoms with Crippen molar-refractivity contribution < 1.29 is 4.52 Å². The average molecular weight is 420 g/mol. The Morgan fingerprint density at radius 2 is 2.28 bits per heavy atom. The van der Waals surface area contributed by atoms with Gasteiger partial charge in [0, 0.05) is 14.1 Å². The van der Waals surface area contributed by atoms with E-state index in [0.717, 1.165) is 13.6 Å². The second kappa shape index (κ2) is 5.26. The first kappa shape index (κ1) is 12.6. The molecule has 0 aliphatic heterocycles. The normalized spacial score (nSPS) is 15.0. The van der Waals surface area contributed by atoms with Gasteiger partial charge in [-0.05, 0) is 53.6 Å². The summed E-state index contributed by atoms with van der Waals surface area (Å²) in [5.74, 6) is 1.29. The number of rotatable bonds is 4. The van der Waals surface area contributed by atoms with Gasteiger partial charge in [-0.25, -0.2) is 0 Å². The van der Waals surface area contributed by atoms with Crippen molar-refractivity contribution in [1.82, 2.24) is 15.5 Å². The first-order chi connectivity index (χ1) is 8.72. The van der Waals surface area contributed by atoms with Crippen molar-refractivity contribution >= 4 is 38.5 Å². The highest BCUT2D eigenvalue weighted by Gasteiger charge is 2.21. The minimum absolute atomic E-state index is 0.577. The zero-order valence-corrected chi connectivity index (χ0v) is 13.2. The fraction of sp³-hybridized carbons (Fsp3) is 0.333. The van der Waals surface area contributed by atoms with Crippen LogP contribution in [0.25, 0.3) is 11.5 Å². The highest BCUT2D eigenvalue weighted by atomic mass is 127. The van der Waals surface area contributed by atoms with E-state index in [4.69, 9.17) is 4.52 Å². The molecule has 0 bridgehead atoms. The summed E-state index contributed by atoms with van der Waals surface area (Å²) in [5, 5.41) is 7.36. The third-order valence-corrected chi connectivity index (χ3v) is 4.19. The van der Waals surface area contributed by atoms with Crippen LogP contribution in [0.5, 0.6) is 0 Å². The molecule has 94 valence electrons. The van der Waals surface area contributed by atoms with Crippen molar-refractivity contribution in [3.05, 3.63) is 32.1 Å². The van der Waals surface area contributed by atoms with Gasteiger partial charge in [-0.2, -0.15) is 4.98 Å². The highest BCUT2D eigenvalue weighted by Crippen LogP contribution is 2.27. The molecular weight excluding hydrogens is 409 g/mol. The molecule has 0 atom stereocenters. The van der Waals surface area contributed by atoms with Crippen molar-refractivity contribution in [3.8, 4) is 11.5 Å². The smallest absolute Gasteiger partial charge is 0.259 e. The number of nitrogens with one attached hydrogen (secondary N) is 1. The van der Waals surface area contributed by atoms with Crippen molar-refractivity contribution in [1.29, 1.82) is 0 Å². The predicted octanol–water partition coefficient (Wildman–Crippen LogP) is 3.36. The Balaban J connectivity index is 1.80. The Hall–Kier alpha value is -0.470. The SMILES string of the molecule is Brc1ccc(I)c(-c2nc(CNC3CC3)no2)c1. The van der Waals surface area contributed by atoms with Crippen LogP contribution >= 0.6 is 38.5 Å². The van der Waals surface area contributed by atoms with E-state index in [1.807, 2.05) is 18.2 Å². The summed E-state index contributed by atoms with van der Waals surface area (Å²) < 4.78 is 7.42. The third-order valence-electron chi connectivity index (χ3n) is 2.75. The van der Waals surface area contributed by atoms with E-state index in [9.17, 15) is 0 Å². The molecule has 0 saturated heterocycles. The lowest BCUT2D eigenvalue weighted by Crippen LogP contribution is -2.16. The maximum atomic E-state index is 5.31. The van der Waals surface area contributed by atoms with Crippen molar-refractivity contribution in [2.24, 2.45) is 0 Å². The van der Waals surface area contributed by atoms with E-state index < -0.39 is 0 Å². The van der Waals surface area contributed by atoms with Crippen molar-refractivity contribution in [2.75, 3.05) is 0 Å². The van der Waals surface area contributed by atoms with Crippen LogP contribution in [0.4, 0.5) is 0 Å². The van der Waals surface area contributed by atoms with E-state index >= 15 is 0 Å². The molecule has 0 unspecified atom stereocenters. The molecule has 1 saturated carbocycles. The lowest BCUT2D eigenvalue weighted by Gasteiger charge is -1.99. The molecule has 1 aliphatic carbocycles. The summed E-state index contributed by atoms with van der Waals surface area (Å²) in [5.41, 5.74) is 0.968. The van der Waals surface area contributed by atoms with E-state index in [1.165, 1.54) is 12.8 Å². The quantitative estimate of drug-likeness (QED) is 0.772. The third kappa shape index (κ3) is 2.92. The molecule has 4 nitrogen and oxygen atoms in total. The molecule has 1 heterocycles. The van der Waals surface area contributed by atoms with Crippen molar-refractivity contribution in [3.63, 3.8) is 0 Å². The van der Waals surface area contributed by atoms with Gasteiger partial charge in [-0.3, -0.25) is 0 Å². The van der Waals surface area contributed by atoms with Crippen LogP contribution in [0.2, 0.25) is 0 Å². The number of hydrogen-bond donors (Lipinski definition) is 1. The predicted molar refractivity (Wildman–Crippen MR) is 80.0 cm³/mol. The molecule has 0 amide bonds. The molecule has 0 radical (unpaired) electrons. The Labute approximate surface area is 127 Å². The minimum atomic E-state index is 0.577. The lowest BCUT2D eigenvalue weighted by atomic mass is 10.2. The second-order valence-corrected chi connectivity index (χ2v) is 6.37. The standard InChI is InChI=1S/C12H11BrIN3O/c13-7-1-4-10(14)9(5-7)12-16-11(17-18-12)6-15-8-2-3-8/h1,4-5,8,15H,2-3,6H2. The summed E-state index contributed by atoms with van der Waals surface area (Å²) in [6.07, 6.45) is 2.52. The zero-order chi connectivity index (χ0) is 12.5. The Kier molecular flexibility index (Phi) is 3.67. The van der Waals surface area contributed by atoms with Crippen LogP contribution in [-0.4, -0.2) is 16.2 Å². The number of hydrogen-bond acceptors (Lipinski definition) is 4. The van der Waals surface area contributed by atoms with Gasteiger partial charge < -0.3 is 9.84 Å². The number of benzene rings is 1. The molecule has 1 N–H and O–H groups in total. The van der Waals surface area contributed by atoms with Crippen LogP contribution in [0, 0.1) is 3.57 Å². The maximum absolute atomic E-state index is 5.31.